The standard InChI is InChI=1S/C19H22FN3O2S/c1-22(2)19(25)13-6-8-23(9-7-13)17(24)11-16-12-26-18(21-16)14-4-3-5-15(20)10-14/h3-5,10,12-13H,6-9,11H2,1-2H3. The Hall–Kier alpha value is -2.28. The number of thiazole rings is 1. The van der Waals surface area contributed by atoms with Gasteiger partial charge in [0.1, 0.15) is 10.8 Å². The number of likely N-dealkylation sites (tertiary alicyclic amines) is 1. The molecule has 0 bridgehead atoms. The van der Waals surface area contributed by atoms with Crippen LogP contribution in [0.1, 0.15) is 18.5 Å². The first-order valence-corrected chi connectivity index (χ1v) is 9.51. The molecule has 5 nitrogen and oxygen atoms in total. The molecule has 2 amide bonds. The summed E-state index contributed by atoms with van der Waals surface area (Å²) in [6, 6.07) is 6.29. The largest absolute Gasteiger partial charge is 0.349 e. The summed E-state index contributed by atoms with van der Waals surface area (Å²) in [6.07, 6.45) is 1.64. The molecule has 2 heterocycles. The van der Waals surface area contributed by atoms with Crippen LogP contribution in [0, 0.1) is 11.7 Å². The average molecular weight is 375 g/mol. The number of hydrogen-bond acceptors (Lipinski definition) is 4. The van der Waals surface area contributed by atoms with Gasteiger partial charge < -0.3 is 9.80 Å². The third-order valence-electron chi connectivity index (χ3n) is 4.59. The lowest BCUT2D eigenvalue weighted by molar-refractivity contribution is -0.138. The number of amides is 2. The summed E-state index contributed by atoms with van der Waals surface area (Å²) in [7, 11) is 3.52. The SMILES string of the molecule is CN(C)C(=O)C1CCN(C(=O)Cc2csc(-c3cccc(F)c3)n2)CC1. The van der Waals surface area contributed by atoms with E-state index in [1.54, 1.807) is 36.0 Å². The number of halogens is 1. The molecule has 1 aromatic carbocycles. The van der Waals surface area contributed by atoms with Gasteiger partial charge in [0, 0.05) is 44.0 Å². The molecule has 1 fully saturated rings. The Kier molecular flexibility index (Phi) is 5.66. The fourth-order valence-corrected chi connectivity index (χ4v) is 3.97. The lowest BCUT2D eigenvalue weighted by Crippen LogP contribution is -2.43. The Morgan fingerprint density at radius 1 is 1.31 bits per heavy atom. The molecule has 26 heavy (non-hydrogen) atoms. The van der Waals surface area contributed by atoms with Crippen molar-refractivity contribution in [3.8, 4) is 10.6 Å². The van der Waals surface area contributed by atoms with E-state index >= 15 is 0 Å². The van der Waals surface area contributed by atoms with Crippen LogP contribution < -0.4 is 0 Å². The summed E-state index contributed by atoms with van der Waals surface area (Å²) in [5.41, 5.74) is 1.42. The van der Waals surface area contributed by atoms with E-state index < -0.39 is 0 Å². The van der Waals surface area contributed by atoms with E-state index in [2.05, 4.69) is 4.98 Å². The van der Waals surface area contributed by atoms with Crippen LogP contribution >= 0.6 is 11.3 Å². The molecular weight excluding hydrogens is 353 g/mol. The van der Waals surface area contributed by atoms with Gasteiger partial charge in [-0.1, -0.05) is 12.1 Å². The second-order valence-corrected chi connectivity index (χ2v) is 7.58. The van der Waals surface area contributed by atoms with E-state index in [0.29, 0.717) is 36.6 Å². The Balaban J connectivity index is 1.57. The zero-order chi connectivity index (χ0) is 18.7. The van der Waals surface area contributed by atoms with Gasteiger partial charge in [-0.2, -0.15) is 0 Å². The monoisotopic (exact) mass is 375 g/mol. The van der Waals surface area contributed by atoms with Crippen molar-refractivity contribution in [1.82, 2.24) is 14.8 Å². The minimum absolute atomic E-state index is 0.00732. The number of nitrogens with zero attached hydrogens (tertiary/aromatic N) is 3. The quantitative estimate of drug-likeness (QED) is 0.826. The maximum atomic E-state index is 13.3. The van der Waals surface area contributed by atoms with E-state index in [9.17, 15) is 14.0 Å². The van der Waals surface area contributed by atoms with E-state index in [1.807, 2.05) is 5.38 Å². The Bertz CT molecular complexity index is 798. The Labute approximate surface area is 156 Å². The number of hydrogen-bond donors (Lipinski definition) is 0. The highest BCUT2D eigenvalue weighted by atomic mass is 32.1. The molecule has 0 spiro atoms. The van der Waals surface area contributed by atoms with Crippen molar-refractivity contribution in [2.24, 2.45) is 5.92 Å². The second kappa shape index (κ2) is 7.95. The summed E-state index contributed by atoms with van der Waals surface area (Å²) in [5, 5.41) is 2.56. The minimum atomic E-state index is -0.300. The van der Waals surface area contributed by atoms with Crippen molar-refractivity contribution < 1.29 is 14.0 Å². The predicted octanol–water partition coefficient (Wildman–Crippen LogP) is 2.82. The van der Waals surface area contributed by atoms with Crippen LogP contribution in [-0.4, -0.2) is 53.8 Å². The third kappa shape index (κ3) is 4.27. The first kappa shape index (κ1) is 18.5. The number of carbonyl (C=O) groups excluding carboxylic acids is 2. The van der Waals surface area contributed by atoms with Crippen molar-refractivity contribution in [1.29, 1.82) is 0 Å². The molecule has 0 atom stereocenters. The minimum Gasteiger partial charge on any atom is -0.349 e. The molecule has 1 aromatic heterocycles. The summed E-state index contributed by atoms with van der Waals surface area (Å²) >= 11 is 1.41. The molecule has 1 aliphatic rings. The summed E-state index contributed by atoms with van der Waals surface area (Å²) in [5.74, 6) is -0.133. The van der Waals surface area contributed by atoms with Gasteiger partial charge in [-0.15, -0.1) is 11.3 Å². The Morgan fingerprint density at radius 2 is 2.04 bits per heavy atom. The number of piperidine rings is 1. The second-order valence-electron chi connectivity index (χ2n) is 6.72. The molecule has 138 valence electrons. The average Bonchev–Trinajstić information content (AvgIpc) is 3.09. The van der Waals surface area contributed by atoms with Gasteiger partial charge in [-0.25, -0.2) is 9.37 Å². The lowest BCUT2D eigenvalue weighted by atomic mass is 9.95. The molecule has 0 saturated carbocycles. The number of carbonyl (C=O) groups is 2. The van der Waals surface area contributed by atoms with Gasteiger partial charge in [0.05, 0.1) is 12.1 Å². The lowest BCUT2D eigenvalue weighted by Gasteiger charge is -2.32. The van der Waals surface area contributed by atoms with Gasteiger partial charge >= 0.3 is 0 Å². The van der Waals surface area contributed by atoms with Crippen LogP contribution in [0.3, 0.4) is 0 Å². The van der Waals surface area contributed by atoms with Crippen LogP contribution in [0.5, 0.6) is 0 Å². The van der Waals surface area contributed by atoms with E-state index in [1.165, 1.54) is 23.5 Å². The maximum Gasteiger partial charge on any atom is 0.228 e. The van der Waals surface area contributed by atoms with Crippen molar-refractivity contribution in [3.05, 3.63) is 41.2 Å². The molecule has 7 heteroatoms. The zero-order valence-corrected chi connectivity index (χ0v) is 15.8. The fraction of sp³-hybridized carbons (Fsp3) is 0.421. The van der Waals surface area contributed by atoms with Crippen LogP contribution in [0.4, 0.5) is 4.39 Å². The summed E-state index contributed by atoms with van der Waals surface area (Å²) in [4.78, 5) is 32.4. The first-order chi connectivity index (χ1) is 12.4. The zero-order valence-electron chi connectivity index (χ0n) is 14.9. The fourth-order valence-electron chi connectivity index (χ4n) is 3.15. The van der Waals surface area contributed by atoms with Gasteiger partial charge in [0.25, 0.3) is 0 Å². The van der Waals surface area contributed by atoms with Gasteiger partial charge in [-0.05, 0) is 25.0 Å². The van der Waals surface area contributed by atoms with Crippen molar-refractivity contribution >= 4 is 23.2 Å². The molecule has 1 aliphatic heterocycles. The molecule has 0 aliphatic carbocycles. The van der Waals surface area contributed by atoms with Crippen LogP contribution in [0.2, 0.25) is 0 Å². The molecule has 0 unspecified atom stereocenters. The first-order valence-electron chi connectivity index (χ1n) is 8.63. The van der Waals surface area contributed by atoms with Crippen LogP contribution in [0.25, 0.3) is 10.6 Å². The summed E-state index contributed by atoms with van der Waals surface area (Å²) < 4.78 is 13.3. The molecule has 0 N–H and O–H groups in total. The molecule has 1 saturated heterocycles. The third-order valence-corrected chi connectivity index (χ3v) is 5.53. The number of benzene rings is 1. The highest BCUT2D eigenvalue weighted by Crippen LogP contribution is 2.25. The van der Waals surface area contributed by atoms with Crippen LogP contribution in [0.15, 0.2) is 29.6 Å². The molecule has 3 rings (SSSR count). The molecule has 2 aromatic rings. The van der Waals surface area contributed by atoms with Gasteiger partial charge in [0.2, 0.25) is 11.8 Å². The normalized spacial score (nSPS) is 15.1. The summed E-state index contributed by atoms with van der Waals surface area (Å²) in [6.45, 7) is 1.20. The number of rotatable bonds is 4. The van der Waals surface area contributed by atoms with Crippen molar-refractivity contribution in [3.63, 3.8) is 0 Å². The van der Waals surface area contributed by atoms with Crippen molar-refractivity contribution in [2.75, 3.05) is 27.2 Å². The van der Waals surface area contributed by atoms with Gasteiger partial charge in [0.15, 0.2) is 0 Å². The van der Waals surface area contributed by atoms with E-state index in [4.69, 9.17) is 0 Å². The van der Waals surface area contributed by atoms with E-state index in [0.717, 1.165) is 5.56 Å². The topological polar surface area (TPSA) is 53.5 Å². The van der Waals surface area contributed by atoms with Gasteiger partial charge in [-0.3, -0.25) is 9.59 Å². The highest BCUT2D eigenvalue weighted by Gasteiger charge is 2.28. The molecular formula is C19H22FN3O2S. The predicted molar refractivity (Wildman–Crippen MR) is 99.2 cm³/mol. The Morgan fingerprint density at radius 3 is 2.69 bits per heavy atom. The molecule has 0 radical (unpaired) electrons. The smallest absolute Gasteiger partial charge is 0.228 e. The van der Waals surface area contributed by atoms with E-state index in [-0.39, 0.29) is 30.0 Å². The number of aromatic nitrogens is 1. The maximum absolute atomic E-state index is 13.3. The highest BCUT2D eigenvalue weighted by molar-refractivity contribution is 7.13. The van der Waals surface area contributed by atoms with Crippen LogP contribution in [-0.2, 0) is 16.0 Å². The van der Waals surface area contributed by atoms with Crippen molar-refractivity contribution in [2.45, 2.75) is 19.3 Å².